The Bertz CT molecular complexity index is 331. The predicted octanol–water partition coefficient (Wildman–Crippen LogP) is 3.18. The average molecular weight is 237 g/mol. The van der Waals surface area contributed by atoms with Crippen molar-refractivity contribution in [2.45, 2.75) is 64.3 Å². The summed E-state index contributed by atoms with van der Waals surface area (Å²) in [7, 11) is 0. The molecule has 1 N–H and O–H groups in total. The van der Waals surface area contributed by atoms with E-state index in [0.29, 0.717) is 5.92 Å². The Morgan fingerprint density at radius 1 is 1.35 bits per heavy atom. The molecule has 0 aliphatic heterocycles. The van der Waals surface area contributed by atoms with E-state index in [4.69, 9.17) is 4.52 Å². The van der Waals surface area contributed by atoms with Gasteiger partial charge in [0, 0.05) is 5.92 Å². The highest BCUT2D eigenvalue weighted by molar-refractivity contribution is 4.98. The fourth-order valence-corrected chi connectivity index (χ4v) is 2.40. The summed E-state index contributed by atoms with van der Waals surface area (Å²) >= 11 is 0. The Labute approximate surface area is 103 Å². The standard InChI is InChI=1S/C13H23N3O/c1-3-9-14-10(2)13-15-12(16-17-13)11-7-5-4-6-8-11/h10-11,14H,3-9H2,1-2H3. The minimum absolute atomic E-state index is 0.166. The molecule has 1 atom stereocenters. The normalized spacial score (nSPS) is 19.4. The maximum absolute atomic E-state index is 5.35. The van der Waals surface area contributed by atoms with Crippen LogP contribution in [0.5, 0.6) is 0 Å². The summed E-state index contributed by atoms with van der Waals surface area (Å²) in [5, 5.41) is 7.51. The Kier molecular flexibility index (Phi) is 4.54. The van der Waals surface area contributed by atoms with Gasteiger partial charge in [-0.15, -0.1) is 0 Å². The average Bonchev–Trinajstić information content (AvgIpc) is 2.86. The molecule has 0 aromatic carbocycles. The van der Waals surface area contributed by atoms with E-state index >= 15 is 0 Å². The first-order valence-corrected chi connectivity index (χ1v) is 6.88. The van der Waals surface area contributed by atoms with Crippen LogP contribution in [0.15, 0.2) is 4.52 Å². The van der Waals surface area contributed by atoms with Crippen LogP contribution in [0.2, 0.25) is 0 Å². The van der Waals surface area contributed by atoms with Gasteiger partial charge in [0.1, 0.15) is 0 Å². The highest BCUT2D eigenvalue weighted by Crippen LogP contribution is 2.31. The van der Waals surface area contributed by atoms with Gasteiger partial charge in [-0.2, -0.15) is 4.98 Å². The first-order chi connectivity index (χ1) is 8.31. The number of hydrogen-bond donors (Lipinski definition) is 1. The van der Waals surface area contributed by atoms with Crippen LogP contribution >= 0.6 is 0 Å². The van der Waals surface area contributed by atoms with Gasteiger partial charge in [-0.1, -0.05) is 31.3 Å². The van der Waals surface area contributed by atoms with Crippen molar-refractivity contribution < 1.29 is 4.52 Å². The Morgan fingerprint density at radius 2 is 2.12 bits per heavy atom. The van der Waals surface area contributed by atoms with Crippen LogP contribution < -0.4 is 5.32 Å². The molecule has 96 valence electrons. The second kappa shape index (κ2) is 6.15. The molecule has 0 bridgehead atoms. The molecule has 1 unspecified atom stereocenters. The number of aromatic nitrogens is 2. The van der Waals surface area contributed by atoms with E-state index in [-0.39, 0.29) is 6.04 Å². The minimum Gasteiger partial charge on any atom is -0.338 e. The molecule has 0 amide bonds. The molecule has 1 aromatic rings. The molecule has 1 fully saturated rings. The van der Waals surface area contributed by atoms with E-state index in [1.807, 2.05) is 0 Å². The van der Waals surface area contributed by atoms with Crippen LogP contribution in [0.25, 0.3) is 0 Å². The summed E-state index contributed by atoms with van der Waals surface area (Å²) in [6.07, 6.45) is 7.52. The van der Waals surface area contributed by atoms with Gasteiger partial charge in [0.2, 0.25) is 5.89 Å². The second-order valence-corrected chi connectivity index (χ2v) is 5.00. The number of hydrogen-bond acceptors (Lipinski definition) is 4. The van der Waals surface area contributed by atoms with Crippen LogP contribution in [-0.2, 0) is 0 Å². The van der Waals surface area contributed by atoms with Crippen LogP contribution in [0.3, 0.4) is 0 Å². The lowest BCUT2D eigenvalue weighted by Gasteiger charge is -2.17. The first-order valence-electron chi connectivity index (χ1n) is 6.88. The second-order valence-electron chi connectivity index (χ2n) is 5.00. The molecule has 0 radical (unpaired) electrons. The third-order valence-corrected chi connectivity index (χ3v) is 3.50. The zero-order chi connectivity index (χ0) is 12.1. The number of rotatable bonds is 5. The molecule has 4 heteroatoms. The van der Waals surface area contributed by atoms with Gasteiger partial charge < -0.3 is 9.84 Å². The third-order valence-electron chi connectivity index (χ3n) is 3.50. The summed E-state index contributed by atoms with van der Waals surface area (Å²) in [6, 6.07) is 0.166. The molecule has 1 aromatic heterocycles. The van der Waals surface area contributed by atoms with E-state index in [2.05, 4.69) is 29.3 Å². The quantitative estimate of drug-likeness (QED) is 0.854. The third kappa shape index (κ3) is 3.28. The lowest BCUT2D eigenvalue weighted by molar-refractivity contribution is 0.330. The topological polar surface area (TPSA) is 51.0 Å². The maximum atomic E-state index is 5.35. The van der Waals surface area contributed by atoms with Crippen LogP contribution in [0.4, 0.5) is 0 Å². The fourth-order valence-electron chi connectivity index (χ4n) is 2.40. The van der Waals surface area contributed by atoms with Gasteiger partial charge in [-0.3, -0.25) is 0 Å². The summed E-state index contributed by atoms with van der Waals surface area (Å²) in [5.74, 6) is 2.18. The molecule has 1 aliphatic rings. The molecule has 4 nitrogen and oxygen atoms in total. The summed E-state index contributed by atoms with van der Waals surface area (Å²) < 4.78 is 5.35. The van der Waals surface area contributed by atoms with E-state index in [1.165, 1.54) is 32.1 Å². The van der Waals surface area contributed by atoms with Crippen molar-refractivity contribution in [3.05, 3.63) is 11.7 Å². The SMILES string of the molecule is CCCNC(C)c1nc(C2CCCCC2)no1. The zero-order valence-electron chi connectivity index (χ0n) is 10.9. The molecule has 1 heterocycles. The molecule has 17 heavy (non-hydrogen) atoms. The zero-order valence-corrected chi connectivity index (χ0v) is 10.9. The summed E-state index contributed by atoms with van der Waals surface area (Å²) in [5.41, 5.74) is 0. The van der Waals surface area contributed by atoms with E-state index < -0.39 is 0 Å². The van der Waals surface area contributed by atoms with Crippen molar-refractivity contribution in [2.75, 3.05) is 6.54 Å². The van der Waals surface area contributed by atoms with Crippen LogP contribution in [0.1, 0.15) is 76.0 Å². The molecule has 1 aliphatic carbocycles. The Balaban J connectivity index is 1.94. The van der Waals surface area contributed by atoms with E-state index in [1.54, 1.807) is 0 Å². The van der Waals surface area contributed by atoms with Crippen molar-refractivity contribution in [1.82, 2.24) is 15.5 Å². The smallest absolute Gasteiger partial charge is 0.243 e. The Hall–Kier alpha value is -0.900. The monoisotopic (exact) mass is 237 g/mol. The van der Waals surface area contributed by atoms with Crippen molar-refractivity contribution in [2.24, 2.45) is 0 Å². The van der Waals surface area contributed by atoms with Crippen molar-refractivity contribution in [3.8, 4) is 0 Å². The fraction of sp³-hybridized carbons (Fsp3) is 0.846. The van der Waals surface area contributed by atoms with Gasteiger partial charge in [0.25, 0.3) is 0 Å². The molecule has 1 saturated carbocycles. The van der Waals surface area contributed by atoms with Crippen molar-refractivity contribution in [3.63, 3.8) is 0 Å². The van der Waals surface area contributed by atoms with Crippen molar-refractivity contribution in [1.29, 1.82) is 0 Å². The summed E-state index contributed by atoms with van der Waals surface area (Å²) in [4.78, 5) is 4.55. The van der Waals surface area contributed by atoms with Gasteiger partial charge in [-0.05, 0) is 32.7 Å². The van der Waals surface area contributed by atoms with E-state index in [9.17, 15) is 0 Å². The predicted molar refractivity (Wildman–Crippen MR) is 66.8 cm³/mol. The molecule has 0 spiro atoms. The molecule has 0 saturated heterocycles. The molecular formula is C13H23N3O. The number of nitrogens with one attached hydrogen (secondary N) is 1. The molecule has 2 rings (SSSR count). The largest absolute Gasteiger partial charge is 0.338 e. The first kappa shape index (κ1) is 12.6. The Morgan fingerprint density at radius 3 is 2.82 bits per heavy atom. The van der Waals surface area contributed by atoms with Gasteiger partial charge in [-0.25, -0.2) is 0 Å². The van der Waals surface area contributed by atoms with Crippen LogP contribution in [-0.4, -0.2) is 16.7 Å². The van der Waals surface area contributed by atoms with Gasteiger partial charge in [0.15, 0.2) is 5.82 Å². The maximum Gasteiger partial charge on any atom is 0.243 e. The summed E-state index contributed by atoms with van der Waals surface area (Å²) in [6.45, 7) is 5.22. The van der Waals surface area contributed by atoms with Crippen molar-refractivity contribution >= 4 is 0 Å². The lowest BCUT2D eigenvalue weighted by atomic mass is 9.89. The minimum atomic E-state index is 0.166. The molecular weight excluding hydrogens is 214 g/mol. The van der Waals surface area contributed by atoms with Gasteiger partial charge in [0.05, 0.1) is 6.04 Å². The van der Waals surface area contributed by atoms with Gasteiger partial charge >= 0.3 is 0 Å². The highest BCUT2D eigenvalue weighted by atomic mass is 16.5. The van der Waals surface area contributed by atoms with Crippen LogP contribution in [0, 0.1) is 0 Å². The highest BCUT2D eigenvalue weighted by Gasteiger charge is 2.22. The number of nitrogens with zero attached hydrogens (tertiary/aromatic N) is 2. The van der Waals surface area contributed by atoms with E-state index in [0.717, 1.165) is 24.7 Å². The lowest BCUT2D eigenvalue weighted by Crippen LogP contribution is -2.19.